The Morgan fingerprint density at radius 1 is 1.71 bits per heavy atom. The van der Waals surface area contributed by atoms with E-state index >= 15 is 0 Å². The SMILES string of the molecule is CCC(CC#N)NC1(C)CCOC1C. The quantitative estimate of drug-likeness (QED) is 0.746. The second kappa shape index (κ2) is 4.77. The molecule has 3 atom stereocenters. The van der Waals surface area contributed by atoms with Gasteiger partial charge in [0.25, 0.3) is 0 Å². The molecule has 1 saturated heterocycles. The summed E-state index contributed by atoms with van der Waals surface area (Å²) in [7, 11) is 0. The molecule has 1 rings (SSSR count). The number of hydrogen-bond donors (Lipinski definition) is 1. The molecule has 0 aromatic carbocycles. The number of hydrogen-bond acceptors (Lipinski definition) is 3. The summed E-state index contributed by atoms with van der Waals surface area (Å²) in [5.41, 5.74) is 0.0531. The van der Waals surface area contributed by atoms with Crippen LogP contribution in [0.5, 0.6) is 0 Å². The van der Waals surface area contributed by atoms with Gasteiger partial charge >= 0.3 is 0 Å². The van der Waals surface area contributed by atoms with Crippen molar-refractivity contribution in [1.82, 2.24) is 5.32 Å². The molecule has 0 amide bonds. The van der Waals surface area contributed by atoms with Gasteiger partial charge in [-0.25, -0.2) is 0 Å². The van der Waals surface area contributed by atoms with E-state index in [9.17, 15) is 0 Å². The van der Waals surface area contributed by atoms with Crippen molar-refractivity contribution >= 4 is 0 Å². The lowest BCUT2D eigenvalue weighted by atomic mass is 9.92. The Balaban J connectivity index is 2.52. The largest absolute Gasteiger partial charge is 0.377 e. The van der Waals surface area contributed by atoms with Gasteiger partial charge in [-0.2, -0.15) is 5.26 Å². The molecule has 3 unspecified atom stereocenters. The third kappa shape index (κ3) is 2.46. The van der Waals surface area contributed by atoms with Crippen LogP contribution in [-0.4, -0.2) is 24.3 Å². The first-order valence-electron chi connectivity index (χ1n) is 5.38. The minimum atomic E-state index is 0.0531. The summed E-state index contributed by atoms with van der Waals surface area (Å²) in [6.07, 6.45) is 2.86. The van der Waals surface area contributed by atoms with Gasteiger partial charge in [0.1, 0.15) is 0 Å². The van der Waals surface area contributed by atoms with Crippen LogP contribution in [0, 0.1) is 11.3 Å². The van der Waals surface area contributed by atoms with Gasteiger partial charge in [-0.3, -0.25) is 0 Å². The van der Waals surface area contributed by atoms with Crippen LogP contribution >= 0.6 is 0 Å². The number of nitrogens with one attached hydrogen (secondary N) is 1. The summed E-state index contributed by atoms with van der Waals surface area (Å²) in [5.74, 6) is 0. The molecule has 1 heterocycles. The maximum absolute atomic E-state index is 8.67. The van der Waals surface area contributed by atoms with Crippen LogP contribution in [0.15, 0.2) is 0 Å². The fraction of sp³-hybridized carbons (Fsp3) is 0.909. The first-order valence-corrected chi connectivity index (χ1v) is 5.38. The van der Waals surface area contributed by atoms with E-state index in [0.717, 1.165) is 19.4 Å². The molecular formula is C11H20N2O. The number of nitrogens with zero attached hydrogens (tertiary/aromatic N) is 1. The summed E-state index contributed by atoms with van der Waals surface area (Å²) < 4.78 is 5.55. The predicted octanol–water partition coefficient (Wildman–Crippen LogP) is 1.84. The molecule has 1 N–H and O–H groups in total. The average Bonchev–Trinajstić information content (AvgIpc) is 2.47. The first-order chi connectivity index (χ1) is 6.62. The molecule has 0 saturated carbocycles. The van der Waals surface area contributed by atoms with Gasteiger partial charge in [-0.15, -0.1) is 0 Å². The highest BCUT2D eigenvalue weighted by Gasteiger charge is 2.37. The van der Waals surface area contributed by atoms with E-state index in [2.05, 4.69) is 32.2 Å². The molecule has 3 heteroatoms. The molecule has 0 aromatic heterocycles. The topological polar surface area (TPSA) is 45.0 Å². The van der Waals surface area contributed by atoms with Gasteiger partial charge in [-0.05, 0) is 26.7 Å². The summed E-state index contributed by atoms with van der Waals surface area (Å²) in [6, 6.07) is 2.52. The second-order valence-corrected chi connectivity index (χ2v) is 4.29. The monoisotopic (exact) mass is 196 g/mol. The Labute approximate surface area is 86.4 Å². The molecule has 0 bridgehead atoms. The lowest BCUT2D eigenvalue weighted by Gasteiger charge is -2.32. The van der Waals surface area contributed by atoms with Crippen LogP contribution in [0.2, 0.25) is 0 Å². The Hall–Kier alpha value is -0.590. The van der Waals surface area contributed by atoms with Gasteiger partial charge in [0.05, 0.1) is 18.6 Å². The number of rotatable bonds is 4. The van der Waals surface area contributed by atoms with Gasteiger partial charge < -0.3 is 10.1 Å². The van der Waals surface area contributed by atoms with Crippen molar-refractivity contribution in [3.8, 4) is 6.07 Å². The van der Waals surface area contributed by atoms with E-state index in [4.69, 9.17) is 10.00 Å². The predicted molar refractivity (Wildman–Crippen MR) is 55.9 cm³/mol. The van der Waals surface area contributed by atoms with Gasteiger partial charge in [0.2, 0.25) is 0 Å². The van der Waals surface area contributed by atoms with Crippen molar-refractivity contribution < 1.29 is 4.74 Å². The fourth-order valence-corrected chi connectivity index (χ4v) is 1.90. The zero-order valence-electron chi connectivity index (χ0n) is 9.34. The van der Waals surface area contributed by atoms with Gasteiger partial charge in [-0.1, -0.05) is 6.92 Å². The van der Waals surface area contributed by atoms with Crippen LogP contribution in [0.3, 0.4) is 0 Å². The van der Waals surface area contributed by atoms with Crippen molar-refractivity contribution in [2.24, 2.45) is 0 Å². The lowest BCUT2D eigenvalue weighted by molar-refractivity contribution is 0.0840. The second-order valence-electron chi connectivity index (χ2n) is 4.29. The molecule has 80 valence electrons. The minimum absolute atomic E-state index is 0.0531. The summed E-state index contributed by atoms with van der Waals surface area (Å²) in [4.78, 5) is 0. The van der Waals surface area contributed by atoms with Crippen molar-refractivity contribution in [2.75, 3.05) is 6.61 Å². The van der Waals surface area contributed by atoms with E-state index in [-0.39, 0.29) is 11.6 Å². The van der Waals surface area contributed by atoms with E-state index in [1.807, 2.05) is 0 Å². The molecule has 1 aliphatic heterocycles. The molecule has 1 aliphatic rings. The lowest BCUT2D eigenvalue weighted by Crippen LogP contribution is -2.52. The smallest absolute Gasteiger partial charge is 0.0726 e. The molecule has 0 aromatic rings. The minimum Gasteiger partial charge on any atom is -0.377 e. The zero-order chi connectivity index (χ0) is 10.6. The Morgan fingerprint density at radius 3 is 2.86 bits per heavy atom. The van der Waals surface area contributed by atoms with Crippen molar-refractivity contribution in [3.63, 3.8) is 0 Å². The molecule has 1 fully saturated rings. The van der Waals surface area contributed by atoms with Crippen molar-refractivity contribution in [2.45, 2.75) is 57.7 Å². The van der Waals surface area contributed by atoms with E-state index in [1.54, 1.807) is 0 Å². The maximum atomic E-state index is 8.67. The third-order valence-electron chi connectivity index (χ3n) is 3.25. The first kappa shape index (κ1) is 11.5. The standard InChI is InChI=1S/C11H20N2O/c1-4-10(5-7-12)13-11(3)6-8-14-9(11)2/h9-10,13H,4-6,8H2,1-3H3. The van der Waals surface area contributed by atoms with Crippen LogP contribution in [0.25, 0.3) is 0 Å². The highest BCUT2D eigenvalue weighted by atomic mass is 16.5. The number of nitriles is 1. The Bertz CT molecular complexity index is 224. The van der Waals surface area contributed by atoms with Crippen LogP contribution in [0.1, 0.15) is 40.0 Å². The third-order valence-corrected chi connectivity index (χ3v) is 3.25. The Morgan fingerprint density at radius 2 is 2.43 bits per heavy atom. The van der Waals surface area contributed by atoms with Crippen molar-refractivity contribution in [1.29, 1.82) is 5.26 Å². The number of ether oxygens (including phenoxy) is 1. The van der Waals surface area contributed by atoms with Gasteiger partial charge in [0, 0.05) is 18.2 Å². The van der Waals surface area contributed by atoms with Crippen molar-refractivity contribution in [3.05, 3.63) is 0 Å². The fourth-order valence-electron chi connectivity index (χ4n) is 1.90. The highest BCUT2D eigenvalue weighted by molar-refractivity contribution is 4.96. The van der Waals surface area contributed by atoms with Gasteiger partial charge in [0.15, 0.2) is 0 Å². The molecular weight excluding hydrogens is 176 g/mol. The van der Waals surface area contributed by atoms with E-state index in [1.165, 1.54) is 0 Å². The van der Waals surface area contributed by atoms with Crippen LogP contribution < -0.4 is 5.32 Å². The van der Waals surface area contributed by atoms with Crippen LogP contribution in [-0.2, 0) is 4.74 Å². The molecule has 0 radical (unpaired) electrons. The maximum Gasteiger partial charge on any atom is 0.0726 e. The van der Waals surface area contributed by atoms with E-state index < -0.39 is 0 Å². The summed E-state index contributed by atoms with van der Waals surface area (Å²) in [5, 5.41) is 12.2. The molecule has 3 nitrogen and oxygen atoms in total. The molecule has 0 aliphatic carbocycles. The Kier molecular flexibility index (Phi) is 3.91. The summed E-state index contributed by atoms with van der Waals surface area (Å²) >= 11 is 0. The molecule has 14 heavy (non-hydrogen) atoms. The average molecular weight is 196 g/mol. The normalized spacial score (nSPS) is 34.0. The van der Waals surface area contributed by atoms with E-state index in [0.29, 0.717) is 12.5 Å². The zero-order valence-corrected chi connectivity index (χ0v) is 9.34. The highest BCUT2D eigenvalue weighted by Crippen LogP contribution is 2.26. The summed E-state index contributed by atoms with van der Waals surface area (Å²) in [6.45, 7) is 7.22. The van der Waals surface area contributed by atoms with Crippen LogP contribution in [0.4, 0.5) is 0 Å². The molecule has 0 spiro atoms.